The third-order valence-corrected chi connectivity index (χ3v) is 9.51. The van der Waals surface area contributed by atoms with Crippen LogP contribution in [0, 0.1) is 6.07 Å². The average Bonchev–Trinajstić information content (AvgIpc) is 3.32. The van der Waals surface area contributed by atoms with Gasteiger partial charge in [-0.15, -0.1) is 34.9 Å². The number of benzene rings is 3. The SMILES string of the molecule is CC(C)(C)c1cc(-c2nc3c(cc2C(C)(C)C)c2cc(C(C)(C)C)ccc2n3-c2ccccc2O)[c-]c(C(C)(C)c2ccccn2)c1.[Pt]. The summed E-state index contributed by atoms with van der Waals surface area (Å²) in [5.41, 5.74) is 9.44. The smallest absolute Gasteiger partial charge is 0.139 e. The first-order valence-corrected chi connectivity index (χ1v) is 16.7. The zero-order valence-electron chi connectivity index (χ0n) is 30.2. The largest absolute Gasteiger partial charge is 0.506 e. The number of hydrogen-bond donors (Lipinski definition) is 1. The van der Waals surface area contributed by atoms with E-state index in [-0.39, 0.29) is 48.5 Å². The third-order valence-electron chi connectivity index (χ3n) is 9.51. The monoisotopic (exact) mass is 817 g/mol. The molecule has 0 aliphatic heterocycles. The Labute approximate surface area is 300 Å². The summed E-state index contributed by atoms with van der Waals surface area (Å²) >= 11 is 0. The van der Waals surface area contributed by atoms with Gasteiger partial charge in [0.2, 0.25) is 0 Å². The predicted molar refractivity (Wildman–Crippen MR) is 197 cm³/mol. The zero-order valence-corrected chi connectivity index (χ0v) is 32.5. The van der Waals surface area contributed by atoms with E-state index in [1.54, 1.807) is 6.07 Å². The molecule has 3 aromatic heterocycles. The Hall–Kier alpha value is -3.75. The Morgan fingerprint density at radius 3 is 1.94 bits per heavy atom. The van der Waals surface area contributed by atoms with Crippen molar-refractivity contribution in [2.45, 2.75) is 97.8 Å². The van der Waals surface area contributed by atoms with Crippen LogP contribution in [0.2, 0.25) is 0 Å². The number of para-hydroxylation sites is 2. The second kappa shape index (κ2) is 12.3. The van der Waals surface area contributed by atoms with Crippen LogP contribution in [-0.2, 0) is 42.7 Å². The molecule has 1 N–H and O–H groups in total. The summed E-state index contributed by atoms with van der Waals surface area (Å²) in [5.74, 6) is 0.218. The van der Waals surface area contributed by atoms with E-state index in [0.29, 0.717) is 5.69 Å². The van der Waals surface area contributed by atoms with Crippen LogP contribution in [0.5, 0.6) is 5.75 Å². The number of phenols is 1. The van der Waals surface area contributed by atoms with Gasteiger partial charge in [0, 0.05) is 49.1 Å². The number of fused-ring (bicyclic) bond motifs is 3. The van der Waals surface area contributed by atoms with E-state index in [4.69, 9.17) is 9.97 Å². The van der Waals surface area contributed by atoms with E-state index in [9.17, 15) is 5.11 Å². The van der Waals surface area contributed by atoms with Crippen LogP contribution in [0.15, 0.2) is 85.1 Å². The van der Waals surface area contributed by atoms with Crippen LogP contribution in [0.1, 0.15) is 104 Å². The van der Waals surface area contributed by atoms with Gasteiger partial charge in [-0.25, -0.2) is 0 Å². The van der Waals surface area contributed by atoms with Crippen molar-refractivity contribution < 1.29 is 26.2 Å². The summed E-state index contributed by atoms with van der Waals surface area (Å²) < 4.78 is 2.12. The van der Waals surface area contributed by atoms with E-state index in [2.05, 4.69) is 135 Å². The van der Waals surface area contributed by atoms with Crippen LogP contribution < -0.4 is 0 Å². The van der Waals surface area contributed by atoms with Crippen LogP contribution in [0.3, 0.4) is 0 Å². The molecule has 0 saturated heterocycles. The molecule has 6 aromatic rings. The molecule has 0 atom stereocenters. The standard InChI is InChI=1S/C43H48N3O.Pt/c1-40(2,3)28-19-20-34-31(25-28)32-26-33(42(7,8)9)38(45-39(32)46(34)35-16-12-13-17-36(35)47)27-22-29(41(4,5)6)24-30(23-27)43(10,11)37-18-14-15-21-44-37;/h12-22,24-26,47H,1-11H3;/q-1;. The molecule has 252 valence electrons. The van der Waals surface area contributed by atoms with Gasteiger partial charge >= 0.3 is 0 Å². The van der Waals surface area contributed by atoms with Crippen molar-refractivity contribution in [1.82, 2.24) is 14.5 Å². The average molecular weight is 818 g/mol. The Kier molecular flexibility index (Phi) is 9.10. The number of aromatic hydroxyl groups is 1. The molecule has 0 saturated carbocycles. The third kappa shape index (κ3) is 6.37. The number of pyridine rings is 2. The minimum absolute atomic E-state index is 0. The maximum atomic E-state index is 11.2. The molecule has 3 heterocycles. The topological polar surface area (TPSA) is 50.9 Å². The van der Waals surface area contributed by atoms with Gasteiger partial charge in [0.05, 0.1) is 11.2 Å². The summed E-state index contributed by atoms with van der Waals surface area (Å²) in [6, 6.07) is 31.1. The van der Waals surface area contributed by atoms with Crippen LogP contribution in [-0.4, -0.2) is 19.6 Å². The van der Waals surface area contributed by atoms with Gasteiger partial charge in [0.15, 0.2) is 0 Å². The van der Waals surface area contributed by atoms with Gasteiger partial charge in [-0.1, -0.05) is 112 Å². The Morgan fingerprint density at radius 2 is 1.33 bits per heavy atom. The van der Waals surface area contributed by atoms with E-state index in [0.717, 1.165) is 50.0 Å². The summed E-state index contributed by atoms with van der Waals surface area (Å²) in [7, 11) is 0. The van der Waals surface area contributed by atoms with E-state index < -0.39 is 0 Å². The Balaban J connectivity index is 0.00000451. The van der Waals surface area contributed by atoms with Crippen molar-refractivity contribution in [1.29, 1.82) is 0 Å². The van der Waals surface area contributed by atoms with Crippen molar-refractivity contribution in [3.05, 3.63) is 119 Å². The second-order valence-corrected chi connectivity index (χ2v) is 16.6. The van der Waals surface area contributed by atoms with E-state index in [1.807, 2.05) is 30.5 Å². The fourth-order valence-corrected chi connectivity index (χ4v) is 6.41. The molecule has 0 spiro atoms. The molecule has 4 nitrogen and oxygen atoms in total. The molecular weight excluding hydrogens is 770 g/mol. The van der Waals surface area contributed by atoms with Crippen molar-refractivity contribution in [2.24, 2.45) is 0 Å². The number of hydrogen-bond acceptors (Lipinski definition) is 3. The molecular formula is C43H48N3OPt-. The van der Waals surface area contributed by atoms with Crippen molar-refractivity contribution in [3.8, 4) is 22.7 Å². The fraction of sp³-hybridized carbons (Fsp3) is 0.349. The molecule has 0 fully saturated rings. The molecule has 48 heavy (non-hydrogen) atoms. The van der Waals surface area contributed by atoms with E-state index >= 15 is 0 Å². The minimum atomic E-state index is -0.378. The van der Waals surface area contributed by atoms with Crippen LogP contribution in [0.4, 0.5) is 0 Å². The number of rotatable bonds is 4. The second-order valence-electron chi connectivity index (χ2n) is 16.6. The Morgan fingerprint density at radius 1 is 0.667 bits per heavy atom. The number of aromatic nitrogens is 3. The normalized spacial score (nSPS) is 12.8. The van der Waals surface area contributed by atoms with Crippen LogP contribution >= 0.6 is 0 Å². The first-order valence-electron chi connectivity index (χ1n) is 16.7. The van der Waals surface area contributed by atoms with Crippen molar-refractivity contribution >= 4 is 21.9 Å². The molecule has 0 aliphatic rings. The molecule has 0 amide bonds. The van der Waals surface area contributed by atoms with Crippen molar-refractivity contribution in [3.63, 3.8) is 0 Å². The summed E-state index contributed by atoms with van der Waals surface area (Å²) in [5, 5.41) is 13.4. The molecule has 0 aliphatic carbocycles. The first-order chi connectivity index (χ1) is 21.9. The summed E-state index contributed by atoms with van der Waals surface area (Å²) in [6.07, 6.45) is 1.86. The summed E-state index contributed by atoms with van der Waals surface area (Å²) in [4.78, 5) is 10.3. The van der Waals surface area contributed by atoms with E-state index in [1.165, 1.54) is 11.1 Å². The minimum Gasteiger partial charge on any atom is -0.506 e. The summed E-state index contributed by atoms with van der Waals surface area (Å²) in [6.45, 7) is 24.7. The predicted octanol–water partition coefficient (Wildman–Crippen LogP) is 11.0. The molecule has 0 radical (unpaired) electrons. The van der Waals surface area contributed by atoms with Gasteiger partial charge < -0.3 is 5.11 Å². The van der Waals surface area contributed by atoms with Gasteiger partial charge in [0.25, 0.3) is 0 Å². The van der Waals surface area contributed by atoms with Crippen molar-refractivity contribution in [2.75, 3.05) is 0 Å². The quantitative estimate of drug-likeness (QED) is 0.180. The maximum Gasteiger partial charge on any atom is 0.139 e. The molecule has 0 bridgehead atoms. The first kappa shape index (κ1) is 35.6. The van der Waals surface area contributed by atoms with Gasteiger partial charge in [0.1, 0.15) is 11.4 Å². The van der Waals surface area contributed by atoms with Gasteiger partial charge in [-0.3, -0.25) is 14.5 Å². The van der Waals surface area contributed by atoms with Crippen LogP contribution in [0.25, 0.3) is 38.9 Å². The molecule has 6 rings (SSSR count). The van der Waals surface area contributed by atoms with Gasteiger partial charge in [-0.2, -0.15) is 0 Å². The number of nitrogens with zero attached hydrogens (tertiary/aromatic N) is 3. The molecule has 0 unspecified atom stereocenters. The van der Waals surface area contributed by atoms with Gasteiger partial charge in [-0.05, 0) is 63.9 Å². The zero-order chi connectivity index (χ0) is 34.1. The molecule has 5 heteroatoms. The maximum absolute atomic E-state index is 11.2. The fourth-order valence-electron chi connectivity index (χ4n) is 6.41. The Bertz CT molecular complexity index is 2120. The molecule has 3 aromatic carbocycles. The number of phenolic OH excluding ortho intramolecular Hbond substituents is 1.